The second kappa shape index (κ2) is 10.6. The van der Waals surface area contributed by atoms with Crippen LogP contribution in [0.4, 0.5) is 5.69 Å². The van der Waals surface area contributed by atoms with Crippen LogP contribution in [0.3, 0.4) is 0 Å². The number of hydrogen-bond donors (Lipinski definition) is 0. The summed E-state index contributed by atoms with van der Waals surface area (Å²) in [6, 6.07) is 42.0. The van der Waals surface area contributed by atoms with Crippen LogP contribution in [-0.2, 0) is 19.5 Å². The van der Waals surface area contributed by atoms with E-state index in [4.69, 9.17) is 4.74 Å². The first-order valence-corrected chi connectivity index (χ1v) is 12.1. The molecule has 4 aromatic rings. The number of nitrogens with zero attached hydrogens (tertiary/aromatic N) is 2. The molecule has 172 valence electrons. The predicted octanol–water partition coefficient (Wildman–Crippen LogP) is 6.20. The zero-order valence-corrected chi connectivity index (χ0v) is 19.8. The highest BCUT2D eigenvalue weighted by molar-refractivity contribution is 5.56. The predicted molar refractivity (Wildman–Crippen MR) is 140 cm³/mol. The Morgan fingerprint density at radius 1 is 0.706 bits per heavy atom. The first-order valence-electron chi connectivity index (χ1n) is 12.1. The second-order valence-electron chi connectivity index (χ2n) is 9.05. The van der Waals surface area contributed by atoms with E-state index in [1.54, 1.807) is 7.11 Å². The molecular weight excluding hydrogens is 416 g/mol. The number of rotatable bonds is 10. The van der Waals surface area contributed by atoms with E-state index in [9.17, 15) is 0 Å². The van der Waals surface area contributed by atoms with Crippen LogP contribution in [0.15, 0.2) is 115 Å². The Balaban J connectivity index is 1.45. The average molecular weight is 449 g/mol. The summed E-state index contributed by atoms with van der Waals surface area (Å²) in [5, 5.41) is 0. The molecule has 0 N–H and O–H groups in total. The van der Waals surface area contributed by atoms with Crippen molar-refractivity contribution in [3.63, 3.8) is 0 Å². The third kappa shape index (κ3) is 5.49. The molecule has 0 spiro atoms. The van der Waals surface area contributed by atoms with E-state index in [0.717, 1.165) is 31.8 Å². The Hall–Kier alpha value is -3.56. The van der Waals surface area contributed by atoms with Crippen LogP contribution in [0.5, 0.6) is 5.75 Å². The van der Waals surface area contributed by atoms with Crippen molar-refractivity contribution in [1.82, 2.24) is 4.90 Å². The van der Waals surface area contributed by atoms with E-state index >= 15 is 0 Å². The fourth-order valence-electron chi connectivity index (χ4n) is 4.84. The molecule has 3 nitrogen and oxygen atoms in total. The van der Waals surface area contributed by atoms with Crippen LogP contribution in [0.1, 0.15) is 16.7 Å². The van der Waals surface area contributed by atoms with Crippen molar-refractivity contribution in [3.05, 3.63) is 132 Å². The number of benzene rings is 4. The SMILES string of the molecule is COc1ccc(N2C[C@@H]2[C@H](Cc2ccccc2)N(Cc2ccccc2)Cc2ccccc2)cc1. The normalized spacial score (nSPS) is 15.8. The van der Waals surface area contributed by atoms with Gasteiger partial charge >= 0.3 is 0 Å². The lowest BCUT2D eigenvalue weighted by atomic mass is 9.99. The molecule has 0 unspecified atom stereocenters. The lowest BCUT2D eigenvalue weighted by molar-refractivity contribution is 0.175. The van der Waals surface area contributed by atoms with Crippen molar-refractivity contribution in [2.45, 2.75) is 31.6 Å². The van der Waals surface area contributed by atoms with E-state index in [-0.39, 0.29) is 0 Å². The molecule has 1 aliphatic heterocycles. The van der Waals surface area contributed by atoms with Crippen molar-refractivity contribution < 1.29 is 4.74 Å². The van der Waals surface area contributed by atoms with Crippen LogP contribution in [0.2, 0.25) is 0 Å². The summed E-state index contributed by atoms with van der Waals surface area (Å²) >= 11 is 0. The van der Waals surface area contributed by atoms with Crippen molar-refractivity contribution >= 4 is 5.69 Å². The summed E-state index contributed by atoms with van der Waals surface area (Å²) in [6.45, 7) is 2.93. The molecule has 34 heavy (non-hydrogen) atoms. The molecule has 2 atom stereocenters. The maximum Gasteiger partial charge on any atom is 0.119 e. The Bertz CT molecular complexity index is 1100. The highest BCUT2D eigenvalue weighted by Gasteiger charge is 2.43. The van der Waals surface area contributed by atoms with Crippen molar-refractivity contribution in [2.24, 2.45) is 0 Å². The molecule has 5 rings (SSSR count). The van der Waals surface area contributed by atoms with Crippen LogP contribution in [-0.4, -0.2) is 30.6 Å². The average Bonchev–Trinajstić information content (AvgIpc) is 3.69. The first-order chi connectivity index (χ1) is 16.8. The van der Waals surface area contributed by atoms with Gasteiger partial charge in [0, 0.05) is 31.4 Å². The van der Waals surface area contributed by atoms with Crippen LogP contribution < -0.4 is 9.64 Å². The molecule has 1 saturated heterocycles. The Kier molecular flexibility index (Phi) is 6.92. The monoisotopic (exact) mass is 448 g/mol. The molecule has 0 saturated carbocycles. The molecule has 0 bridgehead atoms. The summed E-state index contributed by atoms with van der Waals surface area (Å²) < 4.78 is 5.37. The van der Waals surface area contributed by atoms with E-state index < -0.39 is 0 Å². The highest BCUT2D eigenvalue weighted by atomic mass is 16.5. The van der Waals surface area contributed by atoms with Gasteiger partial charge in [-0.1, -0.05) is 91.0 Å². The Morgan fingerprint density at radius 2 is 1.21 bits per heavy atom. The maximum atomic E-state index is 5.37. The van der Waals surface area contributed by atoms with Gasteiger partial charge in [-0.05, 0) is 47.4 Å². The summed E-state index contributed by atoms with van der Waals surface area (Å²) in [6.07, 6.45) is 1.03. The van der Waals surface area contributed by atoms with Gasteiger partial charge in [-0.15, -0.1) is 0 Å². The fraction of sp³-hybridized carbons (Fsp3) is 0.226. The van der Waals surface area contributed by atoms with Crippen LogP contribution in [0.25, 0.3) is 0 Å². The van der Waals surface area contributed by atoms with Crippen molar-refractivity contribution in [1.29, 1.82) is 0 Å². The zero-order chi connectivity index (χ0) is 23.2. The standard InChI is InChI=1S/C31H32N2O/c1-34-29-19-17-28(18-20-29)33-24-31(33)30(21-25-11-5-2-6-12-25)32(22-26-13-7-3-8-14-26)23-27-15-9-4-10-16-27/h2-20,30-31H,21-24H2,1H3/t30-,31+,33?/m0/s1. The van der Waals surface area contributed by atoms with Gasteiger partial charge in [-0.2, -0.15) is 0 Å². The van der Waals surface area contributed by atoms with Gasteiger partial charge in [0.2, 0.25) is 0 Å². The third-order valence-electron chi connectivity index (χ3n) is 6.71. The van der Waals surface area contributed by atoms with Gasteiger partial charge < -0.3 is 9.64 Å². The second-order valence-corrected chi connectivity index (χ2v) is 9.05. The summed E-state index contributed by atoms with van der Waals surface area (Å²) in [5.74, 6) is 0.901. The van der Waals surface area contributed by atoms with Crippen molar-refractivity contribution in [2.75, 3.05) is 18.6 Å². The minimum absolute atomic E-state index is 0.393. The highest BCUT2D eigenvalue weighted by Crippen LogP contribution is 2.35. The van der Waals surface area contributed by atoms with Gasteiger partial charge in [0.05, 0.1) is 13.2 Å². The smallest absolute Gasteiger partial charge is 0.119 e. The molecule has 0 amide bonds. The summed E-state index contributed by atoms with van der Waals surface area (Å²) in [5.41, 5.74) is 5.37. The van der Waals surface area contributed by atoms with Gasteiger partial charge in [0.1, 0.15) is 5.75 Å². The van der Waals surface area contributed by atoms with Gasteiger partial charge in [0.15, 0.2) is 0 Å². The van der Waals surface area contributed by atoms with E-state index in [1.165, 1.54) is 22.4 Å². The summed E-state index contributed by atoms with van der Waals surface area (Å²) in [4.78, 5) is 5.20. The molecule has 1 aliphatic rings. The van der Waals surface area contributed by atoms with Gasteiger partial charge in [-0.3, -0.25) is 4.90 Å². The molecule has 0 aliphatic carbocycles. The van der Waals surface area contributed by atoms with E-state index in [2.05, 4.69) is 125 Å². The molecule has 0 radical (unpaired) electrons. The molecule has 1 heterocycles. The molecular formula is C31H32N2O. The summed E-state index contributed by atoms with van der Waals surface area (Å²) in [7, 11) is 1.72. The minimum atomic E-state index is 0.393. The fourth-order valence-corrected chi connectivity index (χ4v) is 4.84. The Morgan fingerprint density at radius 3 is 1.71 bits per heavy atom. The topological polar surface area (TPSA) is 15.5 Å². The van der Waals surface area contributed by atoms with Gasteiger partial charge in [-0.25, -0.2) is 0 Å². The third-order valence-corrected chi connectivity index (χ3v) is 6.71. The van der Waals surface area contributed by atoms with E-state index in [0.29, 0.717) is 12.1 Å². The van der Waals surface area contributed by atoms with E-state index in [1.807, 2.05) is 0 Å². The molecule has 4 aromatic carbocycles. The first kappa shape index (κ1) is 22.2. The maximum absolute atomic E-state index is 5.37. The lowest BCUT2D eigenvalue weighted by Gasteiger charge is -2.33. The number of anilines is 1. The number of ether oxygens (including phenoxy) is 1. The Labute approximate surface area is 203 Å². The molecule has 3 heteroatoms. The molecule has 1 fully saturated rings. The number of methoxy groups -OCH3 is 1. The quantitative estimate of drug-likeness (QED) is 0.269. The lowest BCUT2D eigenvalue weighted by Crippen LogP contribution is -2.41. The van der Waals surface area contributed by atoms with Crippen molar-refractivity contribution in [3.8, 4) is 5.75 Å². The number of hydrogen-bond acceptors (Lipinski definition) is 3. The zero-order valence-electron chi connectivity index (χ0n) is 19.8. The van der Waals surface area contributed by atoms with Crippen LogP contribution in [0, 0.1) is 0 Å². The van der Waals surface area contributed by atoms with Gasteiger partial charge in [0.25, 0.3) is 0 Å². The minimum Gasteiger partial charge on any atom is -0.497 e. The molecule has 0 aromatic heterocycles. The largest absolute Gasteiger partial charge is 0.497 e. The van der Waals surface area contributed by atoms with Crippen LogP contribution >= 0.6 is 0 Å².